The third-order valence-corrected chi connectivity index (χ3v) is 5.58. The van der Waals surface area contributed by atoms with Crippen molar-refractivity contribution in [3.63, 3.8) is 0 Å². The van der Waals surface area contributed by atoms with Crippen LogP contribution in [0, 0.1) is 0 Å². The van der Waals surface area contributed by atoms with Crippen LogP contribution in [0.25, 0.3) is 11.1 Å². The Morgan fingerprint density at radius 1 is 1.19 bits per heavy atom. The van der Waals surface area contributed by atoms with E-state index in [1.54, 1.807) is 6.92 Å². The smallest absolute Gasteiger partial charge is 0.320 e. The first-order valence-corrected chi connectivity index (χ1v) is 10.5. The van der Waals surface area contributed by atoms with Crippen LogP contribution in [0.1, 0.15) is 24.3 Å². The second kappa shape index (κ2) is 9.94. The topological polar surface area (TPSA) is 110 Å². The van der Waals surface area contributed by atoms with Crippen molar-refractivity contribution in [3.05, 3.63) is 69.3 Å². The molecule has 0 bridgehead atoms. The van der Waals surface area contributed by atoms with Gasteiger partial charge in [0.15, 0.2) is 5.69 Å². The molecule has 0 fully saturated rings. The van der Waals surface area contributed by atoms with Gasteiger partial charge in [-0.05, 0) is 35.6 Å². The number of benzene rings is 1. The summed E-state index contributed by atoms with van der Waals surface area (Å²) in [5.74, 6) is -0.802. The Morgan fingerprint density at radius 2 is 1.94 bits per heavy atom. The molecular formula is C22H23N3O5S. The number of carbonyl (C=O) groups is 2. The minimum atomic E-state index is -0.720. The normalized spacial score (nSPS) is 11.5. The molecule has 2 amide bonds. The van der Waals surface area contributed by atoms with Gasteiger partial charge in [-0.2, -0.15) is 0 Å². The molecule has 0 saturated carbocycles. The first-order chi connectivity index (χ1) is 14.9. The fourth-order valence-electron chi connectivity index (χ4n) is 2.97. The molecule has 2 aromatic heterocycles. The van der Waals surface area contributed by atoms with Gasteiger partial charge in [0, 0.05) is 18.1 Å². The lowest BCUT2D eigenvalue weighted by Gasteiger charge is -2.17. The number of aromatic hydroxyl groups is 1. The van der Waals surface area contributed by atoms with Crippen LogP contribution in [0.5, 0.6) is 5.75 Å². The summed E-state index contributed by atoms with van der Waals surface area (Å²) in [5.41, 5.74) is 1.18. The molecule has 0 aliphatic heterocycles. The van der Waals surface area contributed by atoms with E-state index in [0.29, 0.717) is 0 Å². The van der Waals surface area contributed by atoms with Crippen molar-refractivity contribution in [2.24, 2.45) is 7.05 Å². The lowest BCUT2D eigenvalue weighted by molar-refractivity contribution is -0.143. The summed E-state index contributed by atoms with van der Waals surface area (Å²) in [6.45, 7) is 1.94. The minimum absolute atomic E-state index is 0.0746. The van der Waals surface area contributed by atoms with Gasteiger partial charge in [-0.25, -0.2) is 4.79 Å². The van der Waals surface area contributed by atoms with Crippen LogP contribution in [0.2, 0.25) is 0 Å². The highest BCUT2D eigenvalue weighted by molar-refractivity contribution is 7.10. The summed E-state index contributed by atoms with van der Waals surface area (Å²) in [4.78, 5) is 37.7. The maximum atomic E-state index is 12.6. The maximum absolute atomic E-state index is 12.6. The molecule has 0 aliphatic rings. The van der Waals surface area contributed by atoms with Crippen LogP contribution in [0.3, 0.4) is 0 Å². The van der Waals surface area contributed by atoms with Crippen LogP contribution in [0.15, 0.2) is 58.8 Å². The number of nitrogens with zero attached hydrogens (tertiary/aromatic N) is 1. The molecule has 3 aromatic rings. The number of hydrogen-bond acceptors (Lipinski definition) is 6. The predicted octanol–water partition coefficient (Wildman–Crippen LogP) is 3.64. The Balaban J connectivity index is 1.82. The molecule has 31 heavy (non-hydrogen) atoms. The summed E-state index contributed by atoms with van der Waals surface area (Å²) < 4.78 is 6.27. The van der Waals surface area contributed by atoms with Crippen molar-refractivity contribution in [1.82, 2.24) is 9.88 Å². The fourth-order valence-corrected chi connectivity index (χ4v) is 3.94. The number of aryl methyl sites for hydroxylation is 1. The molecule has 162 valence electrons. The summed E-state index contributed by atoms with van der Waals surface area (Å²) in [6.07, 6.45) is 1.32. The SMILES string of the molecule is CCOC(=O)CC(NC(=O)Nc1c(O)ccn(C)c1=O)c1cc(-c2ccccc2)cs1. The maximum Gasteiger partial charge on any atom is 0.320 e. The van der Waals surface area contributed by atoms with Crippen molar-refractivity contribution in [2.45, 2.75) is 19.4 Å². The molecule has 0 saturated heterocycles. The van der Waals surface area contributed by atoms with Crippen molar-refractivity contribution in [3.8, 4) is 16.9 Å². The van der Waals surface area contributed by atoms with Crippen molar-refractivity contribution >= 4 is 29.0 Å². The lowest BCUT2D eigenvalue weighted by Crippen LogP contribution is -2.35. The van der Waals surface area contributed by atoms with Crippen LogP contribution in [-0.2, 0) is 16.6 Å². The number of thiophene rings is 1. The number of carbonyl (C=O) groups excluding carboxylic acids is 2. The molecular weight excluding hydrogens is 418 g/mol. The van der Waals surface area contributed by atoms with E-state index in [2.05, 4.69) is 10.6 Å². The first-order valence-electron chi connectivity index (χ1n) is 9.64. The largest absolute Gasteiger partial charge is 0.505 e. The summed E-state index contributed by atoms with van der Waals surface area (Å²) in [6, 6.07) is 11.6. The Morgan fingerprint density at radius 3 is 2.65 bits per heavy atom. The van der Waals surface area contributed by atoms with Gasteiger partial charge in [0.05, 0.1) is 19.1 Å². The van der Waals surface area contributed by atoms with E-state index >= 15 is 0 Å². The molecule has 2 heterocycles. The van der Waals surface area contributed by atoms with E-state index in [1.807, 2.05) is 41.8 Å². The van der Waals surface area contributed by atoms with Crippen LogP contribution in [0.4, 0.5) is 10.5 Å². The molecule has 3 N–H and O–H groups in total. The molecule has 1 unspecified atom stereocenters. The molecule has 3 rings (SSSR count). The van der Waals surface area contributed by atoms with E-state index in [1.165, 1.54) is 35.2 Å². The Hall–Kier alpha value is -3.59. The second-order valence-corrected chi connectivity index (χ2v) is 7.70. The summed E-state index contributed by atoms with van der Waals surface area (Å²) in [7, 11) is 1.51. The predicted molar refractivity (Wildman–Crippen MR) is 119 cm³/mol. The number of pyridine rings is 1. The Labute approximate surface area is 183 Å². The first kappa shape index (κ1) is 22.1. The van der Waals surface area contributed by atoms with Gasteiger partial charge in [0.25, 0.3) is 5.56 Å². The quantitative estimate of drug-likeness (QED) is 0.485. The van der Waals surface area contributed by atoms with Crippen molar-refractivity contribution in [1.29, 1.82) is 0 Å². The molecule has 0 spiro atoms. The average molecular weight is 442 g/mol. The number of anilines is 1. The number of esters is 1. The molecule has 1 aromatic carbocycles. The number of nitrogens with one attached hydrogen (secondary N) is 2. The van der Waals surface area contributed by atoms with E-state index in [-0.39, 0.29) is 24.5 Å². The molecule has 0 aliphatic carbocycles. The highest BCUT2D eigenvalue weighted by atomic mass is 32.1. The van der Waals surface area contributed by atoms with E-state index in [0.717, 1.165) is 16.0 Å². The Bertz CT molecular complexity index is 1120. The molecule has 8 nitrogen and oxygen atoms in total. The summed E-state index contributed by atoms with van der Waals surface area (Å²) >= 11 is 1.40. The van der Waals surface area contributed by atoms with Gasteiger partial charge in [0.1, 0.15) is 5.75 Å². The summed E-state index contributed by atoms with van der Waals surface area (Å²) in [5, 5.41) is 17.0. The van der Waals surface area contributed by atoms with E-state index < -0.39 is 23.6 Å². The van der Waals surface area contributed by atoms with Gasteiger partial charge in [0.2, 0.25) is 0 Å². The van der Waals surface area contributed by atoms with Crippen LogP contribution >= 0.6 is 11.3 Å². The Kier molecular flexibility index (Phi) is 7.09. The molecule has 1 atom stereocenters. The highest BCUT2D eigenvalue weighted by Gasteiger charge is 2.22. The van der Waals surface area contributed by atoms with Crippen molar-refractivity contribution < 1.29 is 19.4 Å². The number of ether oxygens (including phenoxy) is 1. The number of hydrogen-bond donors (Lipinski definition) is 3. The van der Waals surface area contributed by atoms with E-state index in [9.17, 15) is 19.5 Å². The minimum Gasteiger partial charge on any atom is -0.505 e. The number of urea groups is 1. The van der Waals surface area contributed by atoms with Crippen molar-refractivity contribution in [2.75, 3.05) is 11.9 Å². The zero-order chi connectivity index (χ0) is 22.4. The van der Waals surface area contributed by atoms with Crippen LogP contribution < -0.4 is 16.2 Å². The highest BCUT2D eigenvalue weighted by Crippen LogP contribution is 2.31. The third kappa shape index (κ3) is 5.52. The van der Waals surface area contributed by atoms with E-state index in [4.69, 9.17) is 4.74 Å². The van der Waals surface area contributed by atoms with Gasteiger partial charge >= 0.3 is 12.0 Å². The number of amides is 2. The zero-order valence-corrected chi connectivity index (χ0v) is 17.9. The van der Waals surface area contributed by atoms with Gasteiger partial charge in [-0.15, -0.1) is 11.3 Å². The zero-order valence-electron chi connectivity index (χ0n) is 17.1. The number of rotatable bonds is 7. The average Bonchev–Trinajstić information content (AvgIpc) is 3.25. The monoisotopic (exact) mass is 441 g/mol. The van der Waals surface area contributed by atoms with Crippen LogP contribution in [-0.4, -0.2) is 28.3 Å². The van der Waals surface area contributed by atoms with Gasteiger partial charge in [-0.1, -0.05) is 30.3 Å². The standard InChI is InChI=1S/C22H23N3O5S/c1-3-30-19(27)12-16(18-11-15(13-31-18)14-7-5-4-6-8-14)23-22(29)24-20-17(26)9-10-25(2)21(20)28/h4-11,13,16,26H,3,12H2,1-2H3,(H2,23,24,29). The van der Waals surface area contributed by atoms with Gasteiger partial charge < -0.3 is 25.0 Å². The third-order valence-electron chi connectivity index (χ3n) is 4.54. The second-order valence-electron chi connectivity index (χ2n) is 6.76. The lowest BCUT2D eigenvalue weighted by atomic mass is 10.1. The van der Waals surface area contributed by atoms with Gasteiger partial charge in [-0.3, -0.25) is 9.59 Å². The number of aromatic nitrogens is 1. The fraction of sp³-hybridized carbons (Fsp3) is 0.227. The molecule has 0 radical (unpaired) electrons. The molecule has 9 heteroatoms.